The van der Waals surface area contributed by atoms with E-state index in [9.17, 15) is 9.90 Å². The molecule has 0 aliphatic heterocycles. The number of hydrogen-bond acceptors (Lipinski definition) is 3. The third-order valence-corrected chi connectivity index (χ3v) is 2.77. The highest BCUT2D eigenvalue weighted by Gasteiger charge is 2.11. The van der Waals surface area contributed by atoms with E-state index in [1.54, 1.807) is 18.5 Å². The van der Waals surface area contributed by atoms with Gasteiger partial charge in [-0.3, -0.25) is 4.79 Å². The van der Waals surface area contributed by atoms with Crippen molar-refractivity contribution in [3.05, 3.63) is 30.1 Å². The maximum absolute atomic E-state index is 10.4. The number of carbonyl (C=O) groups is 1. The third-order valence-electron chi connectivity index (χ3n) is 2.77. The Kier molecular flexibility index (Phi) is 3.10. The number of rotatable bonds is 4. The van der Waals surface area contributed by atoms with E-state index in [4.69, 9.17) is 5.11 Å². The predicted molar refractivity (Wildman–Crippen MR) is 62.5 cm³/mol. The lowest BCUT2D eigenvalue weighted by Gasteiger charge is -2.09. The van der Waals surface area contributed by atoms with Crippen LogP contribution in [-0.4, -0.2) is 25.7 Å². The van der Waals surface area contributed by atoms with Crippen molar-refractivity contribution in [1.82, 2.24) is 9.55 Å². The molecule has 17 heavy (non-hydrogen) atoms. The molecule has 5 nitrogen and oxygen atoms in total. The minimum atomic E-state index is -0.900. The minimum Gasteiger partial charge on any atom is -0.481 e. The van der Waals surface area contributed by atoms with E-state index in [-0.39, 0.29) is 12.8 Å². The average Bonchev–Trinajstić information content (AvgIpc) is 2.67. The van der Waals surface area contributed by atoms with E-state index in [1.165, 1.54) is 0 Å². The van der Waals surface area contributed by atoms with E-state index in [0.29, 0.717) is 5.56 Å². The Morgan fingerprint density at radius 3 is 3.00 bits per heavy atom. The van der Waals surface area contributed by atoms with Gasteiger partial charge in [-0.25, -0.2) is 4.98 Å². The zero-order valence-electron chi connectivity index (χ0n) is 9.50. The summed E-state index contributed by atoms with van der Waals surface area (Å²) in [6.07, 6.45) is 1.13. The van der Waals surface area contributed by atoms with E-state index >= 15 is 0 Å². The standard InChI is InChI=1S/C12H14N2O3/c1-14-7-13-9-6-8(2-3-10(9)14)11(15)4-5-12(16)17/h2-3,6-7,11,15H,4-5H2,1H3,(H,16,17). The second kappa shape index (κ2) is 4.55. The van der Waals surface area contributed by atoms with Gasteiger partial charge in [0.25, 0.3) is 0 Å². The monoisotopic (exact) mass is 234 g/mol. The molecular weight excluding hydrogens is 220 g/mol. The first-order valence-electron chi connectivity index (χ1n) is 5.39. The summed E-state index contributed by atoms with van der Waals surface area (Å²) in [6, 6.07) is 5.47. The maximum Gasteiger partial charge on any atom is 0.303 e. The van der Waals surface area contributed by atoms with Gasteiger partial charge in [-0.15, -0.1) is 0 Å². The van der Waals surface area contributed by atoms with Crippen LogP contribution in [-0.2, 0) is 11.8 Å². The molecule has 0 fully saturated rings. The number of aryl methyl sites for hydroxylation is 1. The second-order valence-electron chi connectivity index (χ2n) is 4.05. The number of hydrogen-bond donors (Lipinski definition) is 2. The average molecular weight is 234 g/mol. The molecule has 2 aromatic rings. The number of nitrogens with zero attached hydrogens (tertiary/aromatic N) is 2. The molecule has 1 atom stereocenters. The molecule has 1 heterocycles. The number of aromatic nitrogens is 2. The van der Waals surface area contributed by atoms with Crippen molar-refractivity contribution in [3.63, 3.8) is 0 Å². The topological polar surface area (TPSA) is 75.3 Å². The highest BCUT2D eigenvalue weighted by molar-refractivity contribution is 5.76. The molecule has 1 aromatic carbocycles. The van der Waals surface area contributed by atoms with Crippen LogP contribution in [0.15, 0.2) is 24.5 Å². The summed E-state index contributed by atoms with van der Waals surface area (Å²) in [4.78, 5) is 14.6. The highest BCUT2D eigenvalue weighted by atomic mass is 16.4. The van der Waals surface area contributed by atoms with Gasteiger partial charge in [0.2, 0.25) is 0 Å². The quantitative estimate of drug-likeness (QED) is 0.840. The predicted octanol–water partition coefficient (Wildman–Crippen LogP) is 1.47. The van der Waals surface area contributed by atoms with E-state index in [2.05, 4.69) is 4.98 Å². The summed E-state index contributed by atoms with van der Waals surface area (Å²) in [5, 5.41) is 18.4. The fourth-order valence-electron chi connectivity index (χ4n) is 1.79. The van der Waals surface area contributed by atoms with Crippen LogP contribution in [0.4, 0.5) is 0 Å². The summed E-state index contributed by atoms with van der Waals surface area (Å²) >= 11 is 0. The van der Waals surface area contributed by atoms with E-state index in [1.807, 2.05) is 17.7 Å². The van der Waals surface area contributed by atoms with Crippen molar-refractivity contribution in [2.75, 3.05) is 0 Å². The van der Waals surface area contributed by atoms with Crippen molar-refractivity contribution in [1.29, 1.82) is 0 Å². The Morgan fingerprint density at radius 2 is 2.29 bits per heavy atom. The van der Waals surface area contributed by atoms with Crippen LogP contribution in [0.1, 0.15) is 24.5 Å². The second-order valence-corrected chi connectivity index (χ2v) is 4.05. The van der Waals surface area contributed by atoms with Crippen molar-refractivity contribution >= 4 is 17.0 Å². The van der Waals surface area contributed by atoms with Crippen molar-refractivity contribution in [2.45, 2.75) is 18.9 Å². The van der Waals surface area contributed by atoms with Gasteiger partial charge < -0.3 is 14.8 Å². The van der Waals surface area contributed by atoms with Gasteiger partial charge in [0, 0.05) is 13.5 Å². The smallest absolute Gasteiger partial charge is 0.303 e. The first-order valence-corrected chi connectivity index (χ1v) is 5.39. The molecule has 2 rings (SSSR count). The molecule has 0 amide bonds. The Labute approximate surface area is 98.3 Å². The van der Waals surface area contributed by atoms with Crippen LogP contribution >= 0.6 is 0 Å². The first kappa shape index (κ1) is 11.6. The number of carboxylic acid groups (broad SMARTS) is 1. The molecule has 0 radical (unpaired) electrons. The summed E-state index contributed by atoms with van der Waals surface area (Å²) in [7, 11) is 1.90. The lowest BCUT2D eigenvalue weighted by molar-refractivity contribution is -0.137. The van der Waals surface area contributed by atoms with E-state index < -0.39 is 12.1 Å². The molecule has 1 aromatic heterocycles. The maximum atomic E-state index is 10.4. The number of aliphatic hydroxyl groups is 1. The summed E-state index contributed by atoms with van der Waals surface area (Å²) in [5.41, 5.74) is 2.50. The number of carboxylic acids is 1. The summed E-state index contributed by atoms with van der Waals surface area (Å²) < 4.78 is 1.89. The van der Waals surface area contributed by atoms with Gasteiger partial charge in [0.05, 0.1) is 23.5 Å². The molecule has 5 heteroatoms. The number of fused-ring (bicyclic) bond motifs is 1. The molecular formula is C12H14N2O3. The van der Waals surface area contributed by atoms with Gasteiger partial charge in [0.1, 0.15) is 0 Å². The zero-order valence-corrected chi connectivity index (χ0v) is 9.50. The molecule has 90 valence electrons. The fourth-order valence-corrected chi connectivity index (χ4v) is 1.79. The van der Waals surface area contributed by atoms with E-state index in [0.717, 1.165) is 11.0 Å². The summed E-state index contributed by atoms with van der Waals surface area (Å²) in [5.74, 6) is -0.900. The highest BCUT2D eigenvalue weighted by Crippen LogP contribution is 2.22. The Bertz CT molecular complexity index is 548. The van der Waals surface area contributed by atoms with Crippen molar-refractivity contribution in [2.24, 2.45) is 7.05 Å². The molecule has 0 saturated carbocycles. The molecule has 0 saturated heterocycles. The Morgan fingerprint density at radius 1 is 1.53 bits per heavy atom. The first-order chi connectivity index (χ1) is 8.08. The van der Waals surface area contributed by atoms with Crippen LogP contribution in [0, 0.1) is 0 Å². The zero-order chi connectivity index (χ0) is 12.4. The van der Waals surface area contributed by atoms with Crippen LogP contribution < -0.4 is 0 Å². The lowest BCUT2D eigenvalue weighted by Crippen LogP contribution is -2.02. The number of aliphatic carboxylic acids is 1. The van der Waals surface area contributed by atoms with Gasteiger partial charge in [0.15, 0.2) is 0 Å². The molecule has 0 bridgehead atoms. The van der Waals surface area contributed by atoms with Crippen LogP contribution in [0.25, 0.3) is 11.0 Å². The Hall–Kier alpha value is -1.88. The SMILES string of the molecule is Cn1cnc2cc(C(O)CCC(=O)O)ccc21. The number of imidazole rings is 1. The van der Waals surface area contributed by atoms with Gasteiger partial charge in [-0.1, -0.05) is 6.07 Å². The number of aliphatic hydroxyl groups excluding tert-OH is 1. The van der Waals surface area contributed by atoms with Gasteiger partial charge in [-0.05, 0) is 24.1 Å². The third kappa shape index (κ3) is 2.45. The molecule has 0 aliphatic carbocycles. The minimum absolute atomic E-state index is 0.0403. The summed E-state index contributed by atoms with van der Waals surface area (Å²) in [6.45, 7) is 0. The molecule has 0 spiro atoms. The lowest BCUT2D eigenvalue weighted by atomic mass is 10.0. The van der Waals surface area contributed by atoms with Crippen LogP contribution in [0.2, 0.25) is 0 Å². The molecule has 2 N–H and O–H groups in total. The molecule has 1 unspecified atom stereocenters. The largest absolute Gasteiger partial charge is 0.481 e. The van der Waals surface area contributed by atoms with Crippen molar-refractivity contribution in [3.8, 4) is 0 Å². The number of benzene rings is 1. The molecule has 0 aliphatic rings. The van der Waals surface area contributed by atoms with Gasteiger partial charge in [-0.2, -0.15) is 0 Å². The van der Waals surface area contributed by atoms with Crippen LogP contribution in [0.3, 0.4) is 0 Å². The fraction of sp³-hybridized carbons (Fsp3) is 0.333. The normalized spacial score (nSPS) is 12.8. The van der Waals surface area contributed by atoms with Crippen LogP contribution in [0.5, 0.6) is 0 Å². The Balaban J connectivity index is 2.21. The van der Waals surface area contributed by atoms with Crippen molar-refractivity contribution < 1.29 is 15.0 Å². The van der Waals surface area contributed by atoms with Gasteiger partial charge >= 0.3 is 5.97 Å².